The summed E-state index contributed by atoms with van der Waals surface area (Å²) in [5.41, 5.74) is 4.24. The highest BCUT2D eigenvalue weighted by molar-refractivity contribution is 6.62. The molecule has 0 unspecified atom stereocenters. The summed E-state index contributed by atoms with van der Waals surface area (Å²) in [6, 6.07) is 16.9. The minimum Gasteiger partial charge on any atom is -0.399 e. The molecule has 0 amide bonds. The summed E-state index contributed by atoms with van der Waals surface area (Å²) in [6.07, 6.45) is 0. The summed E-state index contributed by atoms with van der Waals surface area (Å²) in [5.74, 6) is 0. The van der Waals surface area contributed by atoms with Gasteiger partial charge in [-0.05, 0) is 56.8 Å². The van der Waals surface area contributed by atoms with Crippen LogP contribution in [-0.4, -0.2) is 18.3 Å². The lowest BCUT2D eigenvalue weighted by molar-refractivity contribution is 0.00578. The molecule has 2 aromatic carbocycles. The highest BCUT2D eigenvalue weighted by Crippen LogP contribution is 2.36. The lowest BCUT2D eigenvalue weighted by atomic mass is 9.78. The molecule has 0 spiro atoms. The fourth-order valence-electron chi connectivity index (χ4n) is 2.70. The van der Waals surface area contributed by atoms with Gasteiger partial charge in [-0.25, -0.2) is 0 Å². The number of rotatable bonds is 2. The van der Waals surface area contributed by atoms with Gasteiger partial charge in [-0.3, -0.25) is 0 Å². The topological polar surface area (TPSA) is 18.5 Å². The summed E-state index contributed by atoms with van der Waals surface area (Å²) in [6.45, 7) is 10.4. The quantitative estimate of drug-likeness (QED) is 0.780. The Kier molecular flexibility index (Phi) is 3.66. The van der Waals surface area contributed by atoms with E-state index in [2.05, 4.69) is 83.1 Å². The van der Waals surface area contributed by atoms with Crippen LogP contribution in [0.5, 0.6) is 0 Å². The van der Waals surface area contributed by atoms with Crippen molar-refractivity contribution in [3.8, 4) is 11.1 Å². The highest BCUT2D eigenvalue weighted by atomic mass is 16.7. The third kappa shape index (κ3) is 2.60. The summed E-state index contributed by atoms with van der Waals surface area (Å²) in [4.78, 5) is 0. The fraction of sp³-hybridized carbons (Fsp3) is 0.368. The van der Waals surface area contributed by atoms with Crippen molar-refractivity contribution >= 4 is 12.6 Å². The van der Waals surface area contributed by atoms with Gasteiger partial charge in [-0.2, -0.15) is 0 Å². The standard InChI is InChI=1S/C19H23BO2/c1-14-8-6-7-9-17(14)15-10-12-16(13-11-15)20-21-18(2,3)19(4,5)22-20/h6-13H,1-5H3. The van der Waals surface area contributed by atoms with E-state index < -0.39 is 0 Å². The maximum Gasteiger partial charge on any atom is 0.494 e. The molecule has 0 radical (unpaired) electrons. The Bertz CT molecular complexity index is 658. The minimum absolute atomic E-state index is 0.295. The van der Waals surface area contributed by atoms with Crippen LogP contribution >= 0.6 is 0 Å². The largest absolute Gasteiger partial charge is 0.494 e. The highest BCUT2D eigenvalue weighted by Gasteiger charge is 2.51. The van der Waals surface area contributed by atoms with Crippen LogP contribution < -0.4 is 5.46 Å². The summed E-state index contributed by atoms with van der Waals surface area (Å²) < 4.78 is 12.2. The molecule has 1 heterocycles. The molecule has 2 nitrogen and oxygen atoms in total. The van der Waals surface area contributed by atoms with E-state index in [1.54, 1.807) is 0 Å². The first-order chi connectivity index (χ1) is 10.3. The van der Waals surface area contributed by atoms with Gasteiger partial charge in [0, 0.05) is 0 Å². The molecule has 22 heavy (non-hydrogen) atoms. The first kappa shape index (κ1) is 15.3. The van der Waals surface area contributed by atoms with Gasteiger partial charge in [0.15, 0.2) is 0 Å². The third-order valence-corrected chi connectivity index (χ3v) is 4.89. The molecular weight excluding hydrogens is 271 g/mol. The Morgan fingerprint density at radius 2 is 1.32 bits per heavy atom. The SMILES string of the molecule is Cc1ccccc1-c1ccc(B2OC(C)(C)C(C)(C)O2)cc1. The first-order valence-corrected chi connectivity index (χ1v) is 7.82. The Morgan fingerprint density at radius 3 is 1.86 bits per heavy atom. The predicted molar refractivity (Wildman–Crippen MR) is 92.3 cm³/mol. The first-order valence-electron chi connectivity index (χ1n) is 7.82. The second kappa shape index (κ2) is 5.25. The van der Waals surface area contributed by atoms with Gasteiger partial charge in [0.25, 0.3) is 0 Å². The molecule has 3 rings (SSSR count). The van der Waals surface area contributed by atoms with E-state index in [4.69, 9.17) is 9.31 Å². The second-order valence-electron chi connectivity index (χ2n) is 7.03. The molecule has 0 bridgehead atoms. The second-order valence-corrected chi connectivity index (χ2v) is 7.03. The van der Waals surface area contributed by atoms with E-state index in [9.17, 15) is 0 Å². The molecule has 0 atom stereocenters. The van der Waals surface area contributed by atoms with Gasteiger partial charge in [-0.15, -0.1) is 0 Å². The van der Waals surface area contributed by atoms with Crippen LogP contribution in [0.15, 0.2) is 48.5 Å². The molecule has 0 aromatic heterocycles. The van der Waals surface area contributed by atoms with E-state index >= 15 is 0 Å². The molecule has 1 aliphatic rings. The summed E-state index contributed by atoms with van der Waals surface area (Å²) in [5, 5.41) is 0. The maximum atomic E-state index is 6.10. The monoisotopic (exact) mass is 294 g/mol. The van der Waals surface area contributed by atoms with Gasteiger partial charge in [-0.1, -0.05) is 48.5 Å². The van der Waals surface area contributed by atoms with Crippen LogP contribution in [0.4, 0.5) is 0 Å². The van der Waals surface area contributed by atoms with Crippen molar-refractivity contribution in [1.29, 1.82) is 0 Å². The number of hydrogen-bond donors (Lipinski definition) is 0. The average molecular weight is 294 g/mol. The van der Waals surface area contributed by atoms with Gasteiger partial charge in [0.1, 0.15) is 0 Å². The lowest BCUT2D eigenvalue weighted by Gasteiger charge is -2.32. The van der Waals surface area contributed by atoms with E-state index in [1.165, 1.54) is 16.7 Å². The molecule has 0 saturated carbocycles. The molecule has 0 aliphatic carbocycles. The zero-order valence-electron chi connectivity index (χ0n) is 14.0. The van der Waals surface area contributed by atoms with Crippen LogP contribution in [0.3, 0.4) is 0 Å². The van der Waals surface area contributed by atoms with E-state index in [-0.39, 0.29) is 18.3 Å². The third-order valence-electron chi connectivity index (χ3n) is 4.89. The Morgan fingerprint density at radius 1 is 0.773 bits per heavy atom. The number of benzene rings is 2. The molecule has 1 fully saturated rings. The summed E-state index contributed by atoms with van der Waals surface area (Å²) in [7, 11) is -0.295. The van der Waals surface area contributed by atoms with Crippen molar-refractivity contribution in [2.75, 3.05) is 0 Å². The van der Waals surface area contributed by atoms with Gasteiger partial charge >= 0.3 is 7.12 Å². The van der Waals surface area contributed by atoms with Gasteiger partial charge < -0.3 is 9.31 Å². The maximum absolute atomic E-state index is 6.10. The van der Waals surface area contributed by atoms with Crippen molar-refractivity contribution < 1.29 is 9.31 Å². The van der Waals surface area contributed by atoms with Crippen molar-refractivity contribution in [1.82, 2.24) is 0 Å². The van der Waals surface area contributed by atoms with Crippen LogP contribution in [0.25, 0.3) is 11.1 Å². The molecule has 1 saturated heterocycles. The van der Waals surface area contributed by atoms with E-state index in [0.717, 1.165) is 5.46 Å². The Hall–Kier alpha value is -1.58. The molecule has 114 valence electrons. The van der Waals surface area contributed by atoms with Crippen molar-refractivity contribution in [2.24, 2.45) is 0 Å². The van der Waals surface area contributed by atoms with Crippen LogP contribution in [-0.2, 0) is 9.31 Å². The van der Waals surface area contributed by atoms with Crippen molar-refractivity contribution in [3.05, 3.63) is 54.1 Å². The number of hydrogen-bond acceptors (Lipinski definition) is 2. The zero-order chi connectivity index (χ0) is 16.0. The molecule has 1 aliphatic heterocycles. The van der Waals surface area contributed by atoms with Crippen molar-refractivity contribution in [3.63, 3.8) is 0 Å². The fourth-order valence-corrected chi connectivity index (χ4v) is 2.70. The molecule has 0 N–H and O–H groups in total. The van der Waals surface area contributed by atoms with Gasteiger partial charge in [0.2, 0.25) is 0 Å². The number of aryl methyl sites for hydroxylation is 1. The van der Waals surface area contributed by atoms with Crippen LogP contribution in [0.2, 0.25) is 0 Å². The normalized spacial score (nSPS) is 19.4. The van der Waals surface area contributed by atoms with E-state index in [1.807, 2.05) is 0 Å². The Balaban J connectivity index is 1.86. The molecule has 2 aromatic rings. The van der Waals surface area contributed by atoms with Crippen LogP contribution in [0, 0.1) is 6.92 Å². The lowest BCUT2D eigenvalue weighted by Crippen LogP contribution is -2.41. The average Bonchev–Trinajstić information content (AvgIpc) is 2.68. The van der Waals surface area contributed by atoms with Gasteiger partial charge in [0.05, 0.1) is 11.2 Å². The predicted octanol–water partition coefficient (Wildman–Crippen LogP) is 3.96. The minimum atomic E-state index is -0.299. The zero-order valence-corrected chi connectivity index (χ0v) is 14.0. The van der Waals surface area contributed by atoms with Crippen LogP contribution in [0.1, 0.15) is 33.3 Å². The smallest absolute Gasteiger partial charge is 0.399 e. The summed E-state index contributed by atoms with van der Waals surface area (Å²) >= 11 is 0. The molecule has 3 heteroatoms. The van der Waals surface area contributed by atoms with E-state index in [0.29, 0.717) is 0 Å². The molecular formula is C19H23BO2. The van der Waals surface area contributed by atoms with Crippen molar-refractivity contribution in [2.45, 2.75) is 45.8 Å². The Labute approximate surface area is 133 Å².